The summed E-state index contributed by atoms with van der Waals surface area (Å²) in [6.45, 7) is 3.33. The molecule has 0 saturated carbocycles. The van der Waals surface area contributed by atoms with Crippen LogP contribution in [0.25, 0.3) is 0 Å². The molecular weight excluding hydrogens is 372 g/mol. The average Bonchev–Trinajstić information content (AvgIpc) is 2.39. The van der Waals surface area contributed by atoms with Gasteiger partial charge in [-0.2, -0.15) is 0 Å². The number of rotatable bonds is 5. The molecule has 2 rings (SSSR count). The Morgan fingerprint density at radius 1 is 1.11 bits per heavy atom. The Kier molecular flexibility index (Phi) is 5.22. The van der Waals surface area contributed by atoms with Gasteiger partial charge in [0.2, 0.25) is 0 Å². The largest absolute Gasteiger partial charge is 0.485 e. The molecule has 19 heavy (non-hydrogen) atoms. The van der Waals surface area contributed by atoms with E-state index >= 15 is 0 Å². The smallest absolute Gasteiger partial charge is 0.148 e. The molecule has 5 heteroatoms. The molecule has 0 spiro atoms. The fraction of sp³-hybridized carbons (Fsp3) is 0.214. The van der Waals surface area contributed by atoms with Crippen molar-refractivity contribution in [2.75, 3.05) is 11.9 Å². The second kappa shape index (κ2) is 6.91. The Labute approximate surface area is 129 Å². The molecule has 0 aliphatic carbocycles. The zero-order chi connectivity index (χ0) is 13.7. The Morgan fingerprint density at radius 2 is 1.79 bits per heavy atom. The lowest BCUT2D eigenvalue weighted by Gasteiger charge is -2.10. The van der Waals surface area contributed by atoms with Crippen molar-refractivity contribution in [1.82, 2.24) is 4.98 Å². The van der Waals surface area contributed by atoms with E-state index in [1.165, 1.54) is 0 Å². The predicted molar refractivity (Wildman–Crippen MR) is 84.6 cm³/mol. The highest BCUT2D eigenvalue weighted by atomic mass is 79.9. The van der Waals surface area contributed by atoms with E-state index in [4.69, 9.17) is 4.74 Å². The van der Waals surface area contributed by atoms with E-state index < -0.39 is 0 Å². The minimum Gasteiger partial charge on any atom is -0.485 e. The van der Waals surface area contributed by atoms with Crippen molar-refractivity contribution < 1.29 is 4.74 Å². The van der Waals surface area contributed by atoms with Crippen LogP contribution in [0.15, 0.2) is 45.3 Å². The molecule has 3 nitrogen and oxygen atoms in total. The number of pyridine rings is 1. The van der Waals surface area contributed by atoms with E-state index in [1.807, 2.05) is 43.3 Å². The minimum atomic E-state index is 0.431. The average molecular weight is 386 g/mol. The number of aromatic nitrogens is 1. The number of ether oxygens (including phenoxy) is 1. The normalized spacial score (nSPS) is 10.3. The summed E-state index contributed by atoms with van der Waals surface area (Å²) in [5.74, 6) is 1.66. The molecule has 100 valence electrons. The number of halogens is 2. The van der Waals surface area contributed by atoms with E-state index in [1.54, 1.807) is 0 Å². The Morgan fingerprint density at radius 3 is 2.47 bits per heavy atom. The number of anilines is 1. The maximum absolute atomic E-state index is 5.80. The molecule has 0 atom stereocenters. The van der Waals surface area contributed by atoms with Gasteiger partial charge in [0.25, 0.3) is 0 Å². The van der Waals surface area contributed by atoms with Gasteiger partial charge >= 0.3 is 0 Å². The molecule has 1 aromatic carbocycles. The molecule has 1 heterocycles. The van der Waals surface area contributed by atoms with Crippen LogP contribution in [-0.4, -0.2) is 11.5 Å². The van der Waals surface area contributed by atoms with Gasteiger partial charge in [0.05, 0.1) is 14.6 Å². The van der Waals surface area contributed by atoms with Crippen molar-refractivity contribution in [3.63, 3.8) is 0 Å². The molecule has 0 unspecified atom stereocenters. The van der Waals surface area contributed by atoms with Gasteiger partial charge in [-0.25, -0.2) is 4.98 Å². The number of benzene rings is 1. The molecular formula is C14H14Br2N2O. The summed E-state index contributed by atoms with van der Waals surface area (Å²) in [6.07, 6.45) is 0. The monoisotopic (exact) mass is 384 g/mol. The van der Waals surface area contributed by atoms with E-state index in [2.05, 4.69) is 42.2 Å². The Bertz CT molecular complexity index is 541. The fourth-order valence-electron chi connectivity index (χ4n) is 1.61. The summed E-state index contributed by atoms with van der Waals surface area (Å²) in [5.41, 5.74) is 0.890. The van der Waals surface area contributed by atoms with Crippen LogP contribution in [0.3, 0.4) is 0 Å². The molecule has 0 saturated heterocycles. The van der Waals surface area contributed by atoms with Crippen LogP contribution in [0.1, 0.15) is 12.6 Å². The van der Waals surface area contributed by atoms with Gasteiger partial charge in [0.15, 0.2) is 0 Å². The molecule has 0 aliphatic rings. The third kappa shape index (κ3) is 3.94. The van der Waals surface area contributed by atoms with Crippen molar-refractivity contribution in [2.24, 2.45) is 0 Å². The van der Waals surface area contributed by atoms with Crippen LogP contribution in [0.4, 0.5) is 5.82 Å². The summed E-state index contributed by atoms with van der Waals surface area (Å²) >= 11 is 6.94. The SMILES string of the molecule is CCNc1cccc(COc2c(Br)cccc2Br)n1. The maximum Gasteiger partial charge on any atom is 0.148 e. The van der Waals surface area contributed by atoms with Crippen LogP contribution in [0.5, 0.6) is 5.75 Å². The highest BCUT2D eigenvalue weighted by molar-refractivity contribution is 9.11. The van der Waals surface area contributed by atoms with Crippen LogP contribution >= 0.6 is 31.9 Å². The summed E-state index contributed by atoms with van der Waals surface area (Å²) in [4.78, 5) is 4.47. The third-order valence-electron chi connectivity index (χ3n) is 2.45. The van der Waals surface area contributed by atoms with Crippen LogP contribution < -0.4 is 10.1 Å². The molecule has 0 fully saturated rings. The zero-order valence-corrected chi connectivity index (χ0v) is 13.7. The molecule has 0 bridgehead atoms. The van der Waals surface area contributed by atoms with Crippen molar-refractivity contribution in [3.8, 4) is 5.75 Å². The van der Waals surface area contributed by atoms with Crippen molar-refractivity contribution in [2.45, 2.75) is 13.5 Å². The first kappa shape index (κ1) is 14.3. The van der Waals surface area contributed by atoms with Crippen molar-refractivity contribution >= 4 is 37.7 Å². The standard InChI is InChI=1S/C14H14Br2N2O/c1-2-17-13-8-3-5-10(18-13)9-19-14-11(15)6-4-7-12(14)16/h3-8H,2,9H2,1H3,(H,17,18). The molecule has 1 aromatic heterocycles. The number of hydrogen-bond donors (Lipinski definition) is 1. The number of hydrogen-bond acceptors (Lipinski definition) is 3. The highest BCUT2D eigenvalue weighted by Gasteiger charge is 2.06. The molecule has 0 radical (unpaired) electrons. The quantitative estimate of drug-likeness (QED) is 0.815. The van der Waals surface area contributed by atoms with E-state index in [-0.39, 0.29) is 0 Å². The summed E-state index contributed by atoms with van der Waals surface area (Å²) in [6, 6.07) is 11.7. The molecule has 0 amide bonds. The lowest BCUT2D eigenvalue weighted by atomic mass is 10.3. The predicted octanol–water partition coefficient (Wildman–Crippen LogP) is 4.62. The van der Waals surface area contributed by atoms with Crippen LogP contribution in [0.2, 0.25) is 0 Å². The third-order valence-corrected chi connectivity index (χ3v) is 3.70. The van der Waals surface area contributed by atoms with Gasteiger partial charge in [-0.15, -0.1) is 0 Å². The summed E-state index contributed by atoms with van der Waals surface area (Å²) < 4.78 is 7.64. The second-order valence-electron chi connectivity index (χ2n) is 3.88. The van der Waals surface area contributed by atoms with E-state index in [0.29, 0.717) is 6.61 Å². The highest BCUT2D eigenvalue weighted by Crippen LogP contribution is 2.33. The van der Waals surface area contributed by atoms with Gasteiger partial charge in [-0.3, -0.25) is 0 Å². The number of nitrogens with one attached hydrogen (secondary N) is 1. The van der Waals surface area contributed by atoms with Gasteiger partial charge in [0.1, 0.15) is 18.2 Å². The lowest BCUT2D eigenvalue weighted by molar-refractivity contribution is 0.297. The van der Waals surface area contributed by atoms with Gasteiger partial charge in [-0.05, 0) is 63.0 Å². The van der Waals surface area contributed by atoms with Gasteiger partial charge in [0, 0.05) is 6.54 Å². The second-order valence-corrected chi connectivity index (χ2v) is 5.59. The molecule has 2 aromatic rings. The zero-order valence-electron chi connectivity index (χ0n) is 10.5. The number of para-hydroxylation sites is 1. The van der Waals surface area contributed by atoms with Crippen LogP contribution in [0, 0.1) is 0 Å². The van der Waals surface area contributed by atoms with Crippen molar-refractivity contribution in [1.29, 1.82) is 0 Å². The number of nitrogens with zero attached hydrogens (tertiary/aromatic N) is 1. The Balaban J connectivity index is 2.08. The first-order valence-corrected chi connectivity index (χ1v) is 7.56. The lowest BCUT2D eigenvalue weighted by Crippen LogP contribution is -2.03. The fourth-order valence-corrected chi connectivity index (χ4v) is 2.83. The van der Waals surface area contributed by atoms with E-state index in [0.717, 1.165) is 32.8 Å². The Hall–Kier alpha value is -1.07. The first-order valence-electron chi connectivity index (χ1n) is 5.97. The van der Waals surface area contributed by atoms with Crippen molar-refractivity contribution in [3.05, 3.63) is 51.0 Å². The first-order chi connectivity index (χ1) is 9.20. The minimum absolute atomic E-state index is 0.431. The maximum atomic E-state index is 5.80. The summed E-state index contributed by atoms with van der Waals surface area (Å²) in [5, 5.41) is 3.18. The van der Waals surface area contributed by atoms with Gasteiger partial charge < -0.3 is 10.1 Å². The van der Waals surface area contributed by atoms with Gasteiger partial charge in [-0.1, -0.05) is 12.1 Å². The molecule has 1 N–H and O–H groups in total. The van der Waals surface area contributed by atoms with Crippen LogP contribution in [-0.2, 0) is 6.61 Å². The van der Waals surface area contributed by atoms with E-state index in [9.17, 15) is 0 Å². The summed E-state index contributed by atoms with van der Waals surface area (Å²) in [7, 11) is 0. The molecule has 0 aliphatic heterocycles. The topological polar surface area (TPSA) is 34.1 Å².